The predicted molar refractivity (Wildman–Crippen MR) is 126 cm³/mol. The van der Waals surface area contributed by atoms with Gasteiger partial charge < -0.3 is 44.2 Å². The van der Waals surface area contributed by atoms with Gasteiger partial charge in [-0.15, -0.1) is 0 Å². The topological polar surface area (TPSA) is 159 Å². The second-order valence-corrected chi connectivity index (χ2v) is 8.72. The Bertz CT molecular complexity index is 1130. The Hall–Kier alpha value is -2.89. The molecule has 5 atom stereocenters. The lowest BCUT2D eigenvalue weighted by molar-refractivity contribution is -0.277. The van der Waals surface area contributed by atoms with E-state index in [1.54, 1.807) is 0 Å². The first kappa shape index (κ1) is 26.7. The number of aromatic hydroxyl groups is 1. The van der Waals surface area contributed by atoms with Crippen LogP contribution in [-0.2, 0) is 4.74 Å². The van der Waals surface area contributed by atoms with E-state index in [1.165, 1.54) is 23.8 Å². The minimum atomic E-state index is -1.60. The molecule has 5 N–H and O–H groups in total. The molecule has 1 aliphatic rings. The molecule has 35 heavy (non-hydrogen) atoms. The molecule has 0 radical (unpaired) electrons. The van der Waals surface area contributed by atoms with E-state index in [1.807, 2.05) is 26.8 Å². The third kappa shape index (κ3) is 6.41. The highest BCUT2D eigenvalue weighted by molar-refractivity contribution is 5.86. The zero-order valence-electron chi connectivity index (χ0n) is 19.9. The van der Waals surface area contributed by atoms with E-state index >= 15 is 0 Å². The molecule has 2 aromatic rings. The first-order valence-electron chi connectivity index (χ1n) is 11.3. The fourth-order valence-electron chi connectivity index (χ4n) is 3.61. The lowest BCUT2D eigenvalue weighted by Gasteiger charge is -2.39. The Morgan fingerprint density at radius 1 is 1.09 bits per heavy atom. The van der Waals surface area contributed by atoms with Crippen LogP contribution in [0.3, 0.4) is 0 Å². The molecule has 0 bridgehead atoms. The maximum Gasteiger partial charge on any atom is 0.383 e. The summed E-state index contributed by atoms with van der Waals surface area (Å²) in [4.78, 5) is 12.4. The molecule has 10 heteroatoms. The Kier molecular flexibility index (Phi) is 8.92. The van der Waals surface area contributed by atoms with E-state index in [0.29, 0.717) is 0 Å². The third-order valence-electron chi connectivity index (χ3n) is 5.66. The van der Waals surface area contributed by atoms with Crippen LogP contribution in [0.4, 0.5) is 0 Å². The van der Waals surface area contributed by atoms with Gasteiger partial charge in [-0.1, -0.05) is 17.2 Å². The van der Waals surface area contributed by atoms with E-state index in [2.05, 4.69) is 6.08 Å². The second kappa shape index (κ2) is 11.7. The third-order valence-corrected chi connectivity index (χ3v) is 5.66. The minimum absolute atomic E-state index is 0.00427. The van der Waals surface area contributed by atoms with Crippen molar-refractivity contribution in [3.63, 3.8) is 0 Å². The largest absolute Gasteiger partial charge is 0.504 e. The number of aliphatic hydroxyl groups excluding tert-OH is 4. The molecule has 1 saturated heterocycles. The fourth-order valence-corrected chi connectivity index (χ4v) is 3.61. The average Bonchev–Trinajstić information content (AvgIpc) is 2.81. The van der Waals surface area contributed by atoms with Crippen molar-refractivity contribution in [2.24, 2.45) is 0 Å². The van der Waals surface area contributed by atoms with Crippen LogP contribution >= 0.6 is 0 Å². The fraction of sp³-hybridized carbons (Fsp3) is 0.480. The van der Waals surface area contributed by atoms with Crippen LogP contribution in [0, 0.1) is 0 Å². The van der Waals surface area contributed by atoms with Crippen LogP contribution in [0.1, 0.15) is 33.6 Å². The van der Waals surface area contributed by atoms with Gasteiger partial charge in [-0.05, 0) is 51.8 Å². The van der Waals surface area contributed by atoms with E-state index in [9.17, 15) is 30.3 Å². The van der Waals surface area contributed by atoms with Gasteiger partial charge in [0.15, 0.2) is 5.75 Å². The number of fused-ring (bicyclic) bond motifs is 1. The van der Waals surface area contributed by atoms with Gasteiger partial charge >= 0.3 is 5.63 Å². The van der Waals surface area contributed by atoms with Crippen LogP contribution in [-0.4, -0.2) is 69.5 Å². The van der Waals surface area contributed by atoms with Gasteiger partial charge in [-0.2, -0.15) is 0 Å². The van der Waals surface area contributed by atoms with Gasteiger partial charge in [0.05, 0.1) is 12.0 Å². The molecule has 3 rings (SSSR count). The van der Waals surface area contributed by atoms with Crippen LogP contribution in [0.2, 0.25) is 0 Å². The molecule has 192 valence electrons. The number of aliphatic hydroxyl groups is 4. The summed E-state index contributed by atoms with van der Waals surface area (Å²) < 4.78 is 21.6. The standard InChI is InChI=1S/C25H32O10/c1-13(2)5-4-6-14(3)9-10-32-23-19(27)16-8-7-15(11-17(16)34-24(23)31)33-25-22(30)21(29)20(28)18(12-26)35-25/h5,7-9,11,18,20-22,25-30H,4,6,10,12H2,1-3H3/t18-,20-,21+,22-,25?/m1/s1. The van der Waals surface area contributed by atoms with Crippen molar-refractivity contribution in [2.45, 2.75) is 64.3 Å². The predicted octanol–water partition coefficient (Wildman–Crippen LogP) is 1.75. The van der Waals surface area contributed by atoms with Gasteiger partial charge in [-0.3, -0.25) is 0 Å². The van der Waals surface area contributed by atoms with E-state index in [-0.39, 0.29) is 34.8 Å². The lowest BCUT2D eigenvalue weighted by atomic mass is 9.99. The number of hydrogen-bond donors (Lipinski definition) is 5. The molecule has 1 aromatic carbocycles. The maximum absolute atomic E-state index is 12.4. The quantitative estimate of drug-likeness (QED) is 0.258. The van der Waals surface area contributed by atoms with Crippen LogP contribution in [0.15, 0.2) is 50.7 Å². The molecule has 0 aliphatic carbocycles. The monoisotopic (exact) mass is 492 g/mol. The number of benzene rings is 1. The summed E-state index contributed by atoms with van der Waals surface area (Å²) in [5.41, 5.74) is 1.45. The molecular formula is C25H32O10. The number of rotatable bonds is 9. The Morgan fingerprint density at radius 3 is 2.51 bits per heavy atom. The smallest absolute Gasteiger partial charge is 0.383 e. The average molecular weight is 493 g/mol. The first-order chi connectivity index (χ1) is 16.6. The number of hydrogen-bond acceptors (Lipinski definition) is 10. The molecule has 1 fully saturated rings. The van der Waals surface area contributed by atoms with Crippen LogP contribution in [0.5, 0.6) is 17.2 Å². The molecule has 0 amide bonds. The summed E-state index contributed by atoms with van der Waals surface area (Å²) >= 11 is 0. The summed E-state index contributed by atoms with van der Waals surface area (Å²) in [6.45, 7) is 5.52. The molecule has 2 heterocycles. The highest BCUT2D eigenvalue weighted by Crippen LogP contribution is 2.34. The van der Waals surface area contributed by atoms with Crippen molar-refractivity contribution in [2.75, 3.05) is 13.2 Å². The molecule has 10 nitrogen and oxygen atoms in total. The molecule has 1 aromatic heterocycles. The van der Waals surface area contributed by atoms with E-state index in [0.717, 1.165) is 18.4 Å². The molecule has 0 spiro atoms. The van der Waals surface area contributed by atoms with Crippen molar-refractivity contribution >= 4 is 11.0 Å². The highest BCUT2D eigenvalue weighted by Gasteiger charge is 2.44. The summed E-state index contributed by atoms with van der Waals surface area (Å²) in [7, 11) is 0. The second-order valence-electron chi connectivity index (χ2n) is 8.72. The summed E-state index contributed by atoms with van der Waals surface area (Å²) in [5, 5.41) is 50.0. The van der Waals surface area contributed by atoms with Crippen molar-refractivity contribution in [3.05, 3.63) is 51.9 Å². The van der Waals surface area contributed by atoms with Gasteiger partial charge in [-0.25, -0.2) is 4.79 Å². The Labute approximate surface area is 202 Å². The summed E-state index contributed by atoms with van der Waals surface area (Å²) in [5.74, 6) is -0.604. The zero-order valence-corrected chi connectivity index (χ0v) is 19.9. The minimum Gasteiger partial charge on any atom is -0.504 e. The van der Waals surface area contributed by atoms with E-state index < -0.39 is 42.9 Å². The number of ether oxygens (including phenoxy) is 3. The number of allylic oxidation sites excluding steroid dienone is 3. The van der Waals surface area contributed by atoms with Crippen molar-refractivity contribution in [1.82, 2.24) is 0 Å². The highest BCUT2D eigenvalue weighted by atomic mass is 16.7. The van der Waals surface area contributed by atoms with Crippen LogP contribution < -0.4 is 15.1 Å². The van der Waals surface area contributed by atoms with Gasteiger partial charge in [0.25, 0.3) is 0 Å². The van der Waals surface area contributed by atoms with Gasteiger partial charge in [0, 0.05) is 6.07 Å². The summed E-state index contributed by atoms with van der Waals surface area (Å²) in [6, 6.07) is 4.16. The van der Waals surface area contributed by atoms with Gasteiger partial charge in [0.2, 0.25) is 12.0 Å². The lowest BCUT2D eigenvalue weighted by Crippen LogP contribution is -2.60. The maximum atomic E-state index is 12.4. The van der Waals surface area contributed by atoms with Crippen molar-refractivity contribution in [3.8, 4) is 17.2 Å². The molecule has 0 saturated carbocycles. The normalized spacial score (nSPS) is 24.9. The van der Waals surface area contributed by atoms with Crippen molar-refractivity contribution < 1.29 is 44.2 Å². The van der Waals surface area contributed by atoms with E-state index in [4.69, 9.17) is 18.6 Å². The van der Waals surface area contributed by atoms with Gasteiger partial charge in [0.1, 0.15) is 42.4 Å². The molecule has 1 aliphatic heterocycles. The molecular weight excluding hydrogens is 460 g/mol. The summed E-state index contributed by atoms with van der Waals surface area (Å²) in [6.07, 6.45) is -1.53. The molecule has 1 unspecified atom stereocenters. The van der Waals surface area contributed by atoms with Crippen LogP contribution in [0.25, 0.3) is 11.0 Å². The Balaban J connectivity index is 1.73. The van der Waals surface area contributed by atoms with Crippen molar-refractivity contribution in [1.29, 1.82) is 0 Å². The zero-order chi connectivity index (χ0) is 25.7. The SMILES string of the molecule is CC(C)=CCCC(C)=CCOc1c(O)c2ccc(OC3O[C@H](CO)[C@@H](O)[C@H](O)[C@H]3O)cc2oc1=O. The Morgan fingerprint density at radius 2 is 1.83 bits per heavy atom. The first-order valence-corrected chi connectivity index (χ1v) is 11.3.